The quantitative estimate of drug-likeness (QED) is 0.721. The molecule has 3 rings (SSSR count). The molecule has 0 unspecified atom stereocenters. The second-order valence-electron chi connectivity index (χ2n) is 4.05. The van der Waals surface area contributed by atoms with E-state index in [0.29, 0.717) is 21.3 Å². The summed E-state index contributed by atoms with van der Waals surface area (Å²) in [4.78, 5) is 16.5. The smallest absolute Gasteiger partial charge is 0.271 e. The normalized spacial score (nSPS) is 11.1. The predicted octanol–water partition coefficient (Wildman–Crippen LogP) is 3.81. The molecule has 0 fully saturated rings. The zero-order valence-corrected chi connectivity index (χ0v) is 12.0. The summed E-state index contributed by atoms with van der Waals surface area (Å²) in [6.45, 7) is 0.360. The maximum Gasteiger partial charge on any atom is 0.271 e. The second-order valence-corrected chi connectivity index (χ2v) is 5.81. The predicted molar refractivity (Wildman–Crippen MR) is 79.4 cm³/mol. The van der Waals surface area contributed by atoms with Gasteiger partial charge in [-0.3, -0.25) is 9.36 Å². The van der Waals surface area contributed by atoms with Crippen molar-refractivity contribution in [3.8, 4) is 0 Å². The van der Waals surface area contributed by atoms with E-state index in [0.717, 1.165) is 11.1 Å². The SMILES string of the molecule is O=c1c2sccc2ncn1Cc1cc(Cl)ccc1Cl. The molecule has 2 aromatic heterocycles. The fraction of sp³-hybridized carbons (Fsp3) is 0.0769. The van der Waals surface area contributed by atoms with Crippen LogP contribution in [0.15, 0.2) is 40.8 Å². The van der Waals surface area contributed by atoms with Gasteiger partial charge in [0.25, 0.3) is 5.56 Å². The molecule has 96 valence electrons. The highest BCUT2D eigenvalue weighted by Gasteiger charge is 2.08. The molecule has 0 spiro atoms. The highest BCUT2D eigenvalue weighted by Crippen LogP contribution is 2.21. The Morgan fingerprint density at radius 3 is 2.95 bits per heavy atom. The Balaban J connectivity index is 2.08. The van der Waals surface area contributed by atoms with Crippen LogP contribution >= 0.6 is 34.5 Å². The Kier molecular flexibility index (Phi) is 3.31. The van der Waals surface area contributed by atoms with E-state index in [9.17, 15) is 4.79 Å². The van der Waals surface area contributed by atoms with E-state index in [1.807, 2.05) is 11.4 Å². The van der Waals surface area contributed by atoms with Gasteiger partial charge in [-0.15, -0.1) is 11.3 Å². The van der Waals surface area contributed by atoms with E-state index in [1.54, 1.807) is 18.2 Å². The lowest BCUT2D eigenvalue weighted by Gasteiger charge is -2.07. The summed E-state index contributed by atoms with van der Waals surface area (Å²) in [5, 5.41) is 3.04. The third kappa shape index (κ3) is 2.39. The van der Waals surface area contributed by atoms with Crippen LogP contribution in [0.3, 0.4) is 0 Å². The number of hydrogen-bond acceptors (Lipinski definition) is 3. The van der Waals surface area contributed by atoms with Gasteiger partial charge in [0.2, 0.25) is 0 Å². The molecule has 19 heavy (non-hydrogen) atoms. The topological polar surface area (TPSA) is 34.9 Å². The molecule has 0 aliphatic rings. The molecule has 0 radical (unpaired) electrons. The van der Waals surface area contributed by atoms with Crippen LogP contribution in [-0.4, -0.2) is 9.55 Å². The molecule has 1 aromatic carbocycles. The largest absolute Gasteiger partial charge is 0.293 e. The highest BCUT2D eigenvalue weighted by atomic mass is 35.5. The lowest BCUT2D eigenvalue weighted by Crippen LogP contribution is -2.20. The van der Waals surface area contributed by atoms with E-state index in [2.05, 4.69) is 4.98 Å². The number of benzene rings is 1. The summed E-state index contributed by atoms with van der Waals surface area (Å²) in [6.07, 6.45) is 1.54. The number of aromatic nitrogens is 2. The van der Waals surface area contributed by atoms with Crippen LogP contribution in [0.1, 0.15) is 5.56 Å². The number of rotatable bonds is 2. The molecule has 2 heterocycles. The third-order valence-electron chi connectivity index (χ3n) is 2.78. The van der Waals surface area contributed by atoms with Crippen LogP contribution < -0.4 is 5.56 Å². The molecule has 0 atom stereocenters. The summed E-state index contributed by atoms with van der Waals surface area (Å²) in [7, 11) is 0. The maximum atomic E-state index is 12.2. The van der Waals surface area contributed by atoms with E-state index in [4.69, 9.17) is 23.2 Å². The number of nitrogens with zero attached hydrogens (tertiary/aromatic N) is 2. The van der Waals surface area contributed by atoms with Crippen molar-refractivity contribution >= 4 is 44.8 Å². The molecule has 0 aliphatic heterocycles. The fourth-order valence-corrected chi connectivity index (χ4v) is 3.00. The van der Waals surface area contributed by atoms with Crippen LogP contribution in [0.2, 0.25) is 10.0 Å². The Morgan fingerprint density at radius 2 is 2.11 bits per heavy atom. The minimum atomic E-state index is -0.0592. The van der Waals surface area contributed by atoms with Crippen molar-refractivity contribution < 1.29 is 0 Å². The van der Waals surface area contributed by atoms with Crippen molar-refractivity contribution in [3.63, 3.8) is 0 Å². The van der Waals surface area contributed by atoms with Gasteiger partial charge in [-0.25, -0.2) is 4.98 Å². The maximum absolute atomic E-state index is 12.2. The van der Waals surface area contributed by atoms with Crippen LogP contribution in [0, 0.1) is 0 Å². The fourth-order valence-electron chi connectivity index (χ4n) is 1.84. The molecule has 3 aromatic rings. The van der Waals surface area contributed by atoms with E-state index >= 15 is 0 Å². The van der Waals surface area contributed by atoms with Gasteiger partial charge in [0.05, 0.1) is 18.4 Å². The zero-order chi connectivity index (χ0) is 13.4. The summed E-state index contributed by atoms with van der Waals surface area (Å²) < 4.78 is 2.19. The Labute approximate surface area is 123 Å². The Bertz CT molecular complexity index is 810. The van der Waals surface area contributed by atoms with Gasteiger partial charge in [0.15, 0.2) is 0 Å². The summed E-state index contributed by atoms with van der Waals surface area (Å²) in [5.74, 6) is 0. The van der Waals surface area contributed by atoms with Crippen molar-refractivity contribution in [2.24, 2.45) is 0 Å². The van der Waals surface area contributed by atoms with E-state index in [1.165, 1.54) is 22.2 Å². The first-order valence-electron chi connectivity index (χ1n) is 5.52. The van der Waals surface area contributed by atoms with Crippen LogP contribution in [0.4, 0.5) is 0 Å². The van der Waals surface area contributed by atoms with Gasteiger partial charge in [-0.1, -0.05) is 23.2 Å². The Morgan fingerprint density at radius 1 is 1.26 bits per heavy atom. The van der Waals surface area contributed by atoms with Gasteiger partial charge >= 0.3 is 0 Å². The van der Waals surface area contributed by atoms with E-state index in [-0.39, 0.29) is 5.56 Å². The van der Waals surface area contributed by atoms with Gasteiger partial charge in [0, 0.05) is 10.0 Å². The summed E-state index contributed by atoms with van der Waals surface area (Å²) in [5.41, 5.74) is 1.47. The standard InChI is InChI=1S/C13H8Cl2N2OS/c14-9-1-2-10(15)8(5-9)6-17-7-16-11-3-4-19-12(11)13(17)18/h1-5,7H,6H2. The average Bonchev–Trinajstić information content (AvgIpc) is 2.86. The van der Waals surface area contributed by atoms with Gasteiger partial charge in [-0.05, 0) is 35.2 Å². The Hall–Kier alpha value is -1.36. The van der Waals surface area contributed by atoms with Crippen molar-refractivity contribution in [1.29, 1.82) is 0 Å². The van der Waals surface area contributed by atoms with Crippen molar-refractivity contribution in [3.05, 3.63) is 61.9 Å². The summed E-state index contributed by atoms with van der Waals surface area (Å²) >= 11 is 13.4. The van der Waals surface area contributed by atoms with Crippen LogP contribution in [0.25, 0.3) is 10.2 Å². The number of halogens is 2. The number of thiophene rings is 1. The second kappa shape index (κ2) is 4.96. The molecular formula is C13H8Cl2N2OS. The molecule has 0 bridgehead atoms. The molecule has 6 heteroatoms. The van der Waals surface area contributed by atoms with E-state index < -0.39 is 0 Å². The molecule has 3 nitrogen and oxygen atoms in total. The highest BCUT2D eigenvalue weighted by molar-refractivity contribution is 7.17. The van der Waals surface area contributed by atoms with Gasteiger partial charge < -0.3 is 0 Å². The van der Waals surface area contributed by atoms with Crippen LogP contribution in [-0.2, 0) is 6.54 Å². The van der Waals surface area contributed by atoms with Gasteiger partial charge in [0.1, 0.15) is 4.70 Å². The minimum absolute atomic E-state index is 0.0592. The van der Waals surface area contributed by atoms with Crippen molar-refractivity contribution in [2.75, 3.05) is 0 Å². The first-order chi connectivity index (χ1) is 9.15. The minimum Gasteiger partial charge on any atom is -0.293 e. The van der Waals surface area contributed by atoms with Crippen LogP contribution in [0.5, 0.6) is 0 Å². The monoisotopic (exact) mass is 310 g/mol. The molecule has 0 aliphatic carbocycles. The lowest BCUT2D eigenvalue weighted by atomic mass is 10.2. The molecule has 0 saturated carbocycles. The number of hydrogen-bond donors (Lipinski definition) is 0. The molecule has 0 N–H and O–H groups in total. The molecular weight excluding hydrogens is 303 g/mol. The van der Waals surface area contributed by atoms with Crippen molar-refractivity contribution in [1.82, 2.24) is 9.55 Å². The lowest BCUT2D eigenvalue weighted by molar-refractivity contribution is 0.750. The molecule has 0 amide bonds. The first-order valence-corrected chi connectivity index (χ1v) is 7.15. The third-order valence-corrected chi connectivity index (χ3v) is 4.28. The van der Waals surface area contributed by atoms with Crippen molar-refractivity contribution in [2.45, 2.75) is 6.54 Å². The molecule has 0 saturated heterocycles. The van der Waals surface area contributed by atoms with Gasteiger partial charge in [-0.2, -0.15) is 0 Å². The average molecular weight is 311 g/mol. The number of fused-ring (bicyclic) bond motifs is 1. The first kappa shape index (κ1) is 12.7. The summed E-state index contributed by atoms with van der Waals surface area (Å²) in [6, 6.07) is 7.03. The zero-order valence-electron chi connectivity index (χ0n) is 9.64.